The van der Waals surface area contributed by atoms with E-state index in [-0.39, 0.29) is 24.5 Å². The molecule has 1 aromatic heterocycles. The summed E-state index contributed by atoms with van der Waals surface area (Å²) in [4.78, 5) is 22.8. The summed E-state index contributed by atoms with van der Waals surface area (Å²) in [7, 11) is 0. The molecule has 0 spiro atoms. The molecule has 3 rings (SSSR count). The predicted molar refractivity (Wildman–Crippen MR) is 103 cm³/mol. The first-order valence-electron chi connectivity index (χ1n) is 8.47. The van der Waals surface area contributed by atoms with Gasteiger partial charge in [-0.1, -0.05) is 41.9 Å². The standard InChI is InChI=1S/C19H22ClN5O/c1-12-6-7-15(18(20)24-12)11-25(17(26)10-23-19(21)22)16-8-13-4-2-3-5-14(13)9-16/h2-7,16H,8-11H2,1H3,(H4,21,22,23). The molecule has 4 N–H and O–H groups in total. The highest BCUT2D eigenvalue weighted by Crippen LogP contribution is 2.27. The molecule has 1 aliphatic carbocycles. The average molecular weight is 372 g/mol. The number of aliphatic imine (C=N–C) groups is 1. The van der Waals surface area contributed by atoms with Gasteiger partial charge in [-0.05, 0) is 37.0 Å². The van der Waals surface area contributed by atoms with Gasteiger partial charge in [0.25, 0.3) is 0 Å². The third kappa shape index (κ3) is 4.14. The third-order valence-corrected chi connectivity index (χ3v) is 4.92. The molecule has 1 aliphatic rings. The van der Waals surface area contributed by atoms with E-state index in [1.54, 1.807) is 0 Å². The number of guanidine groups is 1. The van der Waals surface area contributed by atoms with Gasteiger partial charge in [-0.15, -0.1) is 0 Å². The molecule has 1 amide bonds. The first-order chi connectivity index (χ1) is 12.4. The van der Waals surface area contributed by atoms with E-state index in [4.69, 9.17) is 23.1 Å². The minimum atomic E-state index is -0.132. The molecule has 0 radical (unpaired) electrons. The predicted octanol–water partition coefficient (Wildman–Crippen LogP) is 1.81. The normalized spacial score (nSPS) is 13.3. The van der Waals surface area contributed by atoms with E-state index in [2.05, 4.69) is 22.1 Å². The van der Waals surface area contributed by atoms with E-state index in [1.807, 2.05) is 36.1 Å². The molecule has 0 fully saturated rings. The lowest BCUT2D eigenvalue weighted by molar-refractivity contribution is -0.132. The highest BCUT2D eigenvalue weighted by atomic mass is 35.5. The fourth-order valence-corrected chi connectivity index (χ4v) is 3.54. The van der Waals surface area contributed by atoms with Crippen molar-refractivity contribution in [2.75, 3.05) is 6.54 Å². The molecule has 26 heavy (non-hydrogen) atoms. The number of rotatable bonds is 5. The van der Waals surface area contributed by atoms with Crippen molar-refractivity contribution in [3.05, 3.63) is 63.9 Å². The van der Waals surface area contributed by atoms with Gasteiger partial charge in [0.15, 0.2) is 5.96 Å². The van der Waals surface area contributed by atoms with Gasteiger partial charge in [-0.2, -0.15) is 0 Å². The van der Waals surface area contributed by atoms with Crippen LogP contribution in [0.2, 0.25) is 5.15 Å². The number of hydrogen-bond acceptors (Lipinski definition) is 3. The Hall–Kier alpha value is -2.60. The second kappa shape index (κ2) is 7.74. The maximum Gasteiger partial charge on any atom is 0.244 e. The SMILES string of the molecule is Cc1ccc(CN(C(=O)CN=C(N)N)C2Cc3ccccc3C2)c(Cl)n1. The van der Waals surface area contributed by atoms with Crippen LogP contribution in [0.25, 0.3) is 0 Å². The Morgan fingerprint density at radius 3 is 2.46 bits per heavy atom. The maximum atomic E-state index is 12.8. The quantitative estimate of drug-likeness (QED) is 0.475. The number of aryl methyl sites for hydroxylation is 1. The fraction of sp³-hybridized carbons (Fsp3) is 0.316. The van der Waals surface area contributed by atoms with Gasteiger partial charge in [-0.3, -0.25) is 4.79 Å². The number of benzene rings is 1. The Labute approximate surface area is 157 Å². The van der Waals surface area contributed by atoms with Crippen LogP contribution in [0.15, 0.2) is 41.4 Å². The maximum absolute atomic E-state index is 12.8. The van der Waals surface area contributed by atoms with Crippen molar-refractivity contribution < 1.29 is 4.79 Å². The molecule has 2 aromatic rings. The van der Waals surface area contributed by atoms with Crippen LogP contribution in [0.1, 0.15) is 22.4 Å². The number of nitrogens with zero attached hydrogens (tertiary/aromatic N) is 3. The first-order valence-corrected chi connectivity index (χ1v) is 8.85. The molecule has 0 bridgehead atoms. The number of carbonyl (C=O) groups is 1. The van der Waals surface area contributed by atoms with E-state index in [9.17, 15) is 4.79 Å². The monoisotopic (exact) mass is 371 g/mol. The summed E-state index contributed by atoms with van der Waals surface area (Å²) in [5.41, 5.74) is 15.0. The molecule has 136 valence electrons. The van der Waals surface area contributed by atoms with Gasteiger partial charge in [-0.25, -0.2) is 9.98 Å². The van der Waals surface area contributed by atoms with E-state index < -0.39 is 0 Å². The molecule has 1 heterocycles. The zero-order valence-electron chi connectivity index (χ0n) is 14.7. The van der Waals surface area contributed by atoms with Crippen molar-refractivity contribution in [1.82, 2.24) is 9.88 Å². The number of pyridine rings is 1. The second-order valence-electron chi connectivity index (χ2n) is 6.50. The number of fused-ring (bicyclic) bond motifs is 1. The Kier molecular flexibility index (Phi) is 5.42. The van der Waals surface area contributed by atoms with Crippen molar-refractivity contribution in [3.8, 4) is 0 Å². The third-order valence-electron chi connectivity index (χ3n) is 4.59. The molecular formula is C19H22ClN5O. The number of aromatic nitrogens is 1. The minimum Gasteiger partial charge on any atom is -0.370 e. The average Bonchev–Trinajstić information content (AvgIpc) is 3.02. The summed E-state index contributed by atoms with van der Waals surface area (Å²) >= 11 is 6.29. The van der Waals surface area contributed by atoms with Crippen LogP contribution in [-0.4, -0.2) is 34.3 Å². The highest BCUT2D eigenvalue weighted by molar-refractivity contribution is 6.30. The van der Waals surface area contributed by atoms with E-state index in [0.717, 1.165) is 24.1 Å². The largest absolute Gasteiger partial charge is 0.370 e. The van der Waals surface area contributed by atoms with Crippen molar-refractivity contribution in [3.63, 3.8) is 0 Å². The molecule has 1 aromatic carbocycles. The van der Waals surface area contributed by atoms with Gasteiger partial charge < -0.3 is 16.4 Å². The topological polar surface area (TPSA) is 97.6 Å². The first kappa shape index (κ1) is 18.2. The van der Waals surface area contributed by atoms with Crippen molar-refractivity contribution in [2.24, 2.45) is 16.5 Å². The number of amides is 1. The van der Waals surface area contributed by atoms with Crippen LogP contribution < -0.4 is 11.5 Å². The molecule has 7 heteroatoms. The van der Waals surface area contributed by atoms with E-state index in [1.165, 1.54) is 11.1 Å². The summed E-state index contributed by atoms with van der Waals surface area (Å²) in [6.07, 6.45) is 1.61. The van der Waals surface area contributed by atoms with Crippen LogP contribution in [0, 0.1) is 6.92 Å². The van der Waals surface area contributed by atoms with Gasteiger partial charge in [0.05, 0.1) is 0 Å². The Bertz CT molecular complexity index is 823. The lowest BCUT2D eigenvalue weighted by Crippen LogP contribution is -2.42. The zero-order chi connectivity index (χ0) is 18.7. The van der Waals surface area contributed by atoms with Gasteiger partial charge in [0.1, 0.15) is 11.7 Å². The molecular weight excluding hydrogens is 350 g/mol. The van der Waals surface area contributed by atoms with Gasteiger partial charge in [0, 0.05) is 23.8 Å². The summed E-state index contributed by atoms with van der Waals surface area (Å²) in [5, 5.41) is 0.417. The Balaban J connectivity index is 1.85. The van der Waals surface area contributed by atoms with Crippen molar-refractivity contribution in [1.29, 1.82) is 0 Å². The van der Waals surface area contributed by atoms with Crippen molar-refractivity contribution in [2.45, 2.75) is 32.4 Å². The van der Waals surface area contributed by atoms with E-state index in [0.29, 0.717) is 11.7 Å². The number of halogens is 1. The molecule has 0 atom stereocenters. The molecule has 0 aliphatic heterocycles. The summed E-state index contributed by atoms with van der Waals surface area (Å²) in [6.45, 7) is 2.18. The number of carbonyl (C=O) groups excluding carboxylic acids is 1. The van der Waals surface area contributed by atoms with Crippen LogP contribution in [-0.2, 0) is 24.2 Å². The second-order valence-corrected chi connectivity index (χ2v) is 6.85. The Morgan fingerprint density at radius 1 is 1.23 bits per heavy atom. The highest BCUT2D eigenvalue weighted by Gasteiger charge is 2.30. The lowest BCUT2D eigenvalue weighted by atomic mass is 10.1. The molecule has 0 unspecified atom stereocenters. The van der Waals surface area contributed by atoms with Crippen molar-refractivity contribution >= 4 is 23.5 Å². The van der Waals surface area contributed by atoms with Gasteiger partial charge in [0.2, 0.25) is 5.91 Å². The number of nitrogens with two attached hydrogens (primary N) is 2. The zero-order valence-corrected chi connectivity index (χ0v) is 15.4. The van der Waals surface area contributed by atoms with Gasteiger partial charge >= 0.3 is 0 Å². The summed E-state index contributed by atoms with van der Waals surface area (Å²) in [6, 6.07) is 12.1. The Morgan fingerprint density at radius 2 is 1.88 bits per heavy atom. The lowest BCUT2D eigenvalue weighted by Gasteiger charge is -2.29. The summed E-state index contributed by atoms with van der Waals surface area (Å²) in [5.74, 6) is -0.226. The van der Waals surface area contributed by atoms with E-state index >= 15 is 0 Å². The molecule has 0 saturated carbocycles. The molecule has 0 saturated heterocycles. The minimum absolute atomic E-state index is 0.0477. The van der Waals surface area contributed by atoms with Crippen LogP contribution in [0.3, 0.4) is 0 Å². The van der Waals surface area contributed by atoms with Crippen LogP contribution >= 0.6 is 11.6 Å². The van der Waals surface area contributed by atoms with Crippen LogP contribution in [0.5, 0.6) is 0 Å². The smallest absolute Gasteiger partial charge is 0.244 e. The molecule has 6 nitrogen and oxygen atoms in total. The fourth-order valence-electron chi connectivity index (χ4n) is 3.28. The number of hydrogen-bond donors (Lipinski definition) is 2. The van der Waals surface area contributed by atoms with Crippen LogP contribution in [0.4, 0.5) is 0 Å². The summed E-state index contributed by atoms with van der Waals surface area (Å²) < 4.78 is 0.